The summed E-state index contributed by atoms with van der Waals surface area (Å²) in [4.78, 5) is 36.8. The number of phenolic OH excluding ortho intramolecular Hbond substituents is 1. The summed E-state index contributed by atoms with van der Waals surface area (Å²) in [6, 6.07) is 7.39. The summed E-state index contributed by atoms with van der Waals surface area (Å²) in [6.45, 7) is 1.86. The van der Waals surface area contributed by atoms with E-state index >= 15 is 0 Å². The minimum Gasteiger partial charge on any atom is -0.545 e. The molecule has 0 unspecified atom stereocenters. The van der Waals surface area contributed by atoms with Crippen LogP contribution < -0.4 is 56.5 Å². The van der Waals surface area contributed by atoms with E-state index in [1.807, 2.05) is 6.92 Å². The van der Waals surface area contributed by atoms with Crippen molar-refractivity contribution < 1.29 is 76.0 Å². The van der Waals surface area contributed by atoms with Gasteiger partial charge in [-0.1, -0.05) is 37.6 Å². The van der Waals surface area contributed by atoms with Crippen LogP contribution in [0.15, 0.2) is 30.3 Å². The van der Waals surface area contributed by atoms with Crippen LogP contribution in [0.1, 0.15) is 61.1 Å². The Labute approximate surface area is 181 Å². The molecule has 0 aliphatic heterocycles. The number of hydrogen-bond donors (Lipinski definition) is 1. The molecule has 0 saturated heterocycles. The standard InChI is InChI=1S/C18H14O5.K/c1-2-5-9-8-12(18(22)23)13-14(15(9)19)17(21)11-7-4-3-6-10(11)16(13)20;/h3-4,6-8,19H,2,5H2,1H3,(H,22,23);/q;+1/p-1. The normalized spacial score (nSPS) is 12.2. The van der Waals surface area contributed by atoms with E-state index in [0.29, 0.717) is 18.4 Å². The van der Waals surface area contributed by atoms with Gasteiger partial charge in [-0.3, -0.25) is 9.59 Å². The largest absolute Gasteiger partial charge is 1.00 e. The topological polar surface area (TPSA) is 94.5 Å². The molecule has 0 aromatic heterocycles. The van der Waals surface area contributed by atoms with Gasteiger partial charge in [0.25, 0.3) is 0 Å². The zero-order valence-corrected chi connectivity index (χ0v) is 16.5. The third kappa shape index (κ3) is 2.89. The molecule has 24 heavy (non-hydrogen) atoms. The molecule has 1 aliphatic rings. The molecule has 0 saturated carbocycles. The molecule has 0 spiro atoms. The van der Waals surface area contributed by atoms with Gasteiger partial charge in [-0.05, 0) is 18.1 Å². The summed E-state index contributed by atoms with van der Waals surface area (Å²) in [5.74, 6) is -3.00. The van der Waals surface area contributed by atoms with Crippen molar-refractivity contribution in [2.45, 2.75) is 19.8 Å². The summed E-state index contributed by atoms with van der Waals surface area (Å²) < 4.78 is 0. The average molecular weight is 348 g/mol. The molecule has 5 nitrogen and oxygen atoms in total. The zero-order valence-electron chi connectivity index (χ0n) is 13.4. The number of benzene rings is 2. The summed E-state index contributed by atoms with van der Waals surface area (Å²) >= 11 is 0. The average Bonchev–Trinajstić information content (AvgIpc) is 2.54. The van der Waals surface area contributed by atoms with Crippen LogP contribution in [0.4, 0.5) is 0 Å². The van der Waals surface area contributed by atoms with Crippen LogP contribution >= 0.6 is 0 Å². The number of phenols is 1. The molecule has 0 radical (unpaired) electrons. The van der Waals surface area contributed by atoms with Crippen molar-refractivity contribution >= 4 is 17.5 Å². The van der Waals surface area contributed by atoms with E-state index in [1.54, 1.807) is 12.1 Å². The van der Waals surface area contributed by atoms with Gasteiger partial charge in [-0.25, -0.2) is 0 Å². The molecular weight excluding hydrogens is 335 g/mol. The van der Waals surface area contributed by atoms with Crippen molar-refractivity contribution in [2.24, 2.45) is 0 Å². The second kappa shape index (κ2) is 7.29. The van der Waals surface area contributed by atoms with Gasteiger partial charge in [-0.2, -0.15) is 0 Å². The van der Waals surface area contributed by atoms with E-state index < -0.39 is 17.5 Å². The van der Waals surface area contributed by atoms with Gasteiger partial charge < -0.3 is 15.0 Å². The van der Waals surface area contributed by atoms with E-state index in [9.17, 15) is 24.6 Å². The molecule has 0 amide bonds. The van der Waals surface area contributed by atoms with Gasteiger partial charge in [0, 0.05) is 22.3 Å². The SMILES string of the molecule is CCCc1cc(C(=O)[O-])c2c(c1O)C(=O)c1ccccc1C2=O.[K+]. The van der Waals surface area contributed by atoms with Gasteiger partial charge in [-0.15, -0.1) is 0 Å². The molecule has 6 heteroatoms. The van der Waals surface area contributed by atoms with Crippen molar-refractivity contribution in [3.05, 3.63) is 63.7 Å². The number of aromatic hydroxyl groups is 1. The fraction of sp³-hybridized carbons (Fsp3) is 0.167. The second-order valence-electron chi connectivity index (χ2n) is 5.42. The number of aryl methyl sites for hydroxylation is 1. The Morgan fingerprint density at radius 2 is 1.62 bits per heavy atom. The van der Waals surface area contributed by atoms with E-state index in [0.717, 1.165) is 0 Å². The fourth-order valence-corrected chi connectivity index (χ4v) is 2.95. The Kier molecular flexibility index (Phi) is 5.77. The smallest absolute Gasteiger partial charge is 0.545 e. The molecule has 0 heterocycles. The quantitative estimate of drug-likeness (QED) is 0.581. The second-order valence-corrected chi connectivity index (χ2v) is 5.42. The third-order valence-corrected chi connectivity index (χ3v) is 3.99. The van der Waals surface area contributed by atoms with Crippen molar-refractivity contribution in [1.29, 1.82) is 0 Å². The summed E-state index contributed by atoms with van der Waals surface area (Å²) in [7, 11) is 0. The molecule has 116 valence electrons. The molecule has 1 aliphatic carbocycles. The van der Waals surface area contributed by atoms with Crippen LogP contribution in [-0.2, 0) is 6.42 Å². The van der Waals surface area contributed by atoms with E-state index in [-0.39, 0.29) is 85.0 Å². The third-order valence-electron chi connectivity index (χ3n) is 3.99. The van der Waals surface area contributed by atoms with Crippen LogP contribution in [0.3, 0.4) is 0 Å². The Balaban J connectivity index is 0.00000208. The maximum absolute atomic E-state index is 12.7. The molecule has 2 aromatic carbocycles. The van der Waals surface area contributed by atoms with Crippen molar-refractivity contribution in [2.75, 3.05) is 0 Å². The fourth-order valence-electron chi connectivity index (χ4n) is 2.95. The van der Waals surface area contributed by atoms with Crippen LogP contribution in [0, 0.1) is 0 Å². The number of carboxylic acid groups (broad SMARTS) is 1. The van der Waals surface area contributed by atoms with Gasteiger partial charge in [0.15, 0.2) is 11.6 Å². The molecule has 1 N–H and O–H groups in total. The maximum Gasteiger partial charge on any atom is 1.00 e. The predicted octanol–water partition coefficient (Wildman–Crippen LogP) is -1.51. The summed E-state index contributed by atoms with van der Waals surface area (Å²) in [6.07, 6.45) is 1.04. The number of carboxylic acids is 1. The van der Waals surface area contributed by atoms with Crippen molar-refractivity contribution in [1.82, 2.24) is 0 Å². The molecule has 2 aromatic rings. The van der Waals surface area contributed by atoms with Crippen molar-refractivity contribution in [3.8, 4) is 5.75 Å². The first-order chi connectivity index (χ1) is 11.0. The number of carbonyl (C=O) groups is 3. The number of hydrogen-bond acceptors (Lipinski definition) is 5. The molecule has 3 rings (SSSR count). The first kappa shape index (κ1) is 19.0. The Bertz CT molecular complexity index is 870. The number of carbonyl (C=O) groups excluding carboxylic acids is 3. The monoisotopic (exact) mass is 348 g/mol. The number of fused-ring (bicyclic) bond motifs is 2. The van der Waals surface area contributed by atoms with Gasteiger partial charge in [0.05, 0.1) is 11.5 Å². The molecule has 0 fully saturated rings. The van der Waals surface area contributed by atoms with Crippen LogP contribution in [-0.4, -0.2) is 22.6 Å². The van der Waals surface area contributed by atoms with Crippen LogP contribution in [0.2, 0.25) is 0 Å². The Morgan fingerprint density at radius 3 is 2.12 bits per heavy atom. The number of aromatic carboxylic acids is 1. The van der Waals surface area contributed by atoms with Crippen LogP contribution in [0.25, 0.3) is 0 Å². The van der Waals surface area contributed by atoms with Crippen LogP contribution in [0.5, 0.6) is 5.75 Å². The van der Waals surface area contributed by atoms with Gasteiger partial charge in [0.2, 0.25) is 0 Å². The predicted molar refractivity (Wildman–Crippen MR) is 79.7 cm³/mol. The first-order valence-electron chi connectivity index (χ1n) is 7.26. The summed E-state index contributed by atoms with van der Waals surface area (Å²) in [5, 5.41) is 21.8. The minimum atomic E-state index is -1.54. The van der Waals surface area contributed by atoms with E-state index in [1.165, 1.54) is 18.2 Å². The van der Waals surface area contributed by atoms with Gasteiger partial charge in [0.1, 0.15) is 5.75 Å². The number of ketones is 2. The minimum absolute atomic E-state index is 0. The first-order valence-corrected chi connectivity index (χ1v) is 7.26. The number of rotatable bonds is 3. The maximum atomic E-state index is 12.7. The van der Waals surface area contributed by atoms with E-state index in [2.05, 4.69) is 0 Å². The molecule has 0 atom stereocenters. The Morgan fingerprint density at radius 1 is 1.08 bits per heavy atom. The van der Waals surface area contributed by atoms with Gasteiger partial charge >= 0.3 is 51.4 Å². The van der Waals surface area contributed by atoms with E-state index in [4.69, 9.17) is 0 Å². The molecular formula is C18H13KO5. The molecule has 0 bridgehead atoms. The zero-order chi connectivity index (χ0) is 16.7. The van der Waals surface area contributed by atoms with Crippen molar-refractivity contribution in [3.63, 3.8) is 0 Å². The summed E-state index contributed by atoms with van der Waals surface area (Å²) in [5.41, 5.74) is -0.252. The Hall–Kier alpha value is -1.31.